The van der Waals surface area contributed by atoms with Crippen molar-refractivity contribution in [1.82, 2.24) is 14.9 Å². The lowest BCUT2D eigenvalue weighted by Crippen LogP contribution is -2.22. The summed E-state index contributed by atoms with van der Waals surface area (Å²) in [6.07, 6.45) is 0. The van der Waals surface area contributed by atoms with Gasteiger partial charge in [-0.15, -0.1) is 0 Å². The lowest BCUT2D eigenvalue weighted by Gasteiger charge is -2.17. The van der Waals surface area contributed by atoms with Gasteiger partial charge >= 0.3 is 0 Å². The smallest absolute Gasteiger partial charge is 0.258 e. The van der Waals surface area contributed by atoms with Crippen LogP contribution >= 0.6 is 11.6 Å². The highest BCUT2D eigenvalue weighted by atomic mass is 35.5. The zero-order valence-electron chi connectivity index (χ0n) is 12.2. The first-order valence-electron chi connectivity index (χ1n) is 7.03. The van der Waals surface area contributed by atoms with E-state index >= 15 is 0 Å². The monoisotopic (exact) mass is 313 g/mol. The second-order valence-corrected chi connectivity index (χ2v) is 5.70. The number of hydrogen-bond donors (Lipinski definition) is 1. The minimum Gasteiger partial charge on any atom is -0.309 e. The molecule has 0 bridgehead atoms. The Morgan fingerprint density at radius 3 is 2.64 bits per heavy atom. The molecule has 0 aliphatic heterocycles. The van der Waals surface area contributed by atoms with Gasteiger partial charge in [0, 0.05) is 11.6 Å². The van der Waals surface area contributed by atoms with E-state index in [-0.39, 0.29) is 5.56 Å². The summed E-state index contributed by atoms with van der Waals surface area (Å²) in [5.74, 6) is 0.651. The summed E-state index contributed by atoms with van der Waals surface area (Å²) < 4.78 is 0. The number of halogens is 1. The summed E-state index contributed by atoms with van der Waals surface area (Å²) in [6, 6.07) is 15.1. The molecule has 0 fully saturated rings. The van der Waals surface area contributed by atoms with Crippen molar-refractivity contribution in [3.05, 3.63) is 75.3 Å². The van der Waals surface area contributed by atoms with Crippen LogP contribution in [0.2, 0.25) is 5.02 Å². The molecule has 22 heavy (non-hydrogen) atoms. The van der Waals surface area contributed by atoms with E-state index in [4.69, 9.17) is 11.6 Å². The molecular weight excluding hydrogens is 298 g/mol. The first kappa shape index (κ1) is 14.8. The molecule has 0 atom stereocenters. The van der Waals surface area contributed by atoms with Gasteiger partial charge in [0.05, 0.1) is 17.4 Å². The van der Waals surface area contributed by atoms with E-state index in [1.165, 1.54) is 0 Å². The van der Waals surface area contributed by atoms with Gasteiger partial charge in [0.2, 0.25) is 0 Å². The van der Waals surface area contributed by atoms with Crippen LogP contribution in [0.15, 0.2) is 53.3 Å². The fraction of sp³-hybridized carbons (Fsp3) is 0.176. The van der Waals surface area contributed by atoms with Crippen LogP contribution in [-0.2, 0) is 13.1 Å². The second-order valence-electron chi connectivity index (χ2n) is 5.29. The van der Waals surface area contributed by atoms with Gasteiger partial charge in [-0.05, 0) is 30.8 Å². The Morgan fingerprint density at radius 1 is 1.09 bits per heavy atom. The lowest BCUT2D eigenvalue weighted by atomic mass is 10.2. The normalized spacial score (nSPS) is 11.2. The van der Waals surface area contributed by atoms with Gasteiger partial charge in [0.25, 0.3) is 5.56 Å². The van der Waals surface area contributed by atoms with Gasteiger partial charge in [0.15, 0.2) is 0 Å². The summed E-state index contributed by atoms with van der Waals surface area (Å²) in [7, 11) is 1.97. The quantitative estimate of drug-likeness (QED) is 0.804. The van der Waals surface area contributed by atoms with Crippen LogP contribution in [-0.4, -0.2) is 21.9 Å². The van der Waals surface area contributed by atoms with E-state index in [0.717, 1.165) is 10.6 Å². The van der Waals surface area contributed by atoms with E-state index in [1.54, 1.807) is 6.07 Å². The lowest BCUT2D eigenvalue weighted by molar-refractivity contribution is 0.311. The third-order valence-corrected chi connectivity index (χ3v) is 3.85. The maximum absolute atomic E-state index is 12.1. The van der Waals surface area contributed by atoms with Crippen LogP contribution in [0.3, 0.4) is 0 Å². The van der Waals surface area contributed by atoms with Crippen molar-refractivity contribution in [2.45, 2.75) is 13.1 Å². The Hall–Kier alpha value is -2.17. The van der Waals surface area contributed by atoms with Crippen LogP contribution in [0.25, 0.3) is 10.9 Å². The highest BCUT2D eigenvalue weighted by Gasteiger charge is 2.08. The van der Waals surface area contributed by atoms with Crippen molar-refractivity contribution in [3.63, 3.8) is 0 Å². The third-order valence-electron chi connectivity index (χ3n) is 3.48. The van der Waals surface area contributed by atoms with Crippen molar-refractivity contribution < 1.29 is 0 Å². The van der Waals surface area contributed by atoms with E-state index < -0.39 is 0 Å². The van der Waals surface area contributed by atoms with Gasteiger partial charge in [-0.25, -0.2) is 4.98 Å². The van der Waals surface area contributed by atoms with Crippen LogP contribution in [0.5, 0.6) is 0 Å². The Kier molecular flexibility index (Phi) is 4.22. The molecule has 0 aliphatic rings. The molecule has 0 aliphatic carbocycles. The van der Waals surface area contributed by atoms with Gasteiger partial charge in [-0.2, -0.15) is 0 Å². The molecule has 4 nitrogen and oxygen atoms in total. The predicted molar refractivity (Wildman–Crippen MR) is 89.0 cm³/mol. The highest BCUT2D eigenvalue weighted by Crippen LogP contribution is 2.17. The summed E-state index contributed by atoms with van der Waals surface area (Å²) in [5.41, 5.74) is 1.66. The maximum atomic E-state index is 12.1. The topological polar surface area (TPSA) is 49.0 Å². The number of nitrogens with zero attached hydrogens (tertiary/aromatic N) is 2. The van der Waals surface area contributed by atoms with Crippen LogP contribution in [0, 0.1) is 0 Å². The molecular formula is C17H16ClN3O. The van der Waals surface area contributed by atoms with E-state index in [2.05, 4.69) is 14.9 Å². The van der Waals surface area contributed by atoms with Crippen LogP contribution < -0.4 is 5.56 Å². The van der Waals surface area contributed by atoms with Crippen molar-refractivity contribution in [2.24, 2.45) is 0 Å². The molecule has 1 N–H and O–H groups in total. The van der Waals surface area contributed by atoms with Gasteiger partial charge in [0.1, 0.15) is 5.82 Å². The molecule has 0 unspecified atom stereocenters. The van der Waals surface area contributed by atoms with Gasteiger partial charge < -0.3 is 4.98 Å². The molecule has 0 spiro atoms. The molecule has 0 radical (unpaired) electrons. The van der Waals surface area contributed by atoms with Crippen LogP contribution in [0.4, 0.5) is 0 Å². The summed E-state index contributed by atoms with van der Waals surface area (Å²) in [6.45, 7) is 1.24. The SMILES string of the molecule is CN(Cc1nc2ccccc2c(=O)[nH]1)Cc1ccccc1Cl. The molecule has 1 aromatic heterocycles. The number of para-hydroxylation sites is 1. The Balaban J connectivity index is 1.81. The van der Waals surface area contributed by atoms with Crippen LogP contribution in [0.1, 0.15) is 11.4 Å². The van der Waals surface area contributed by atoms with Gasteiger partial charge in [-0.3, -0.25) is 9.69 Å². The molecule has 1 heterocycles. The average Bonchev–Trinajstić information content (AvgIpc) is 2.49. The zero-order chi connectivity index (χ0) is 15.5. The number of aromatic nitrogens is 2. The molecule has 0 saturated heterocycles. The first-order chi connectivity index (χ1) is 10.6. The molecule has 2 aromatic carbocycles. The Morgan fingerprint density at radius 2 is 1.82 bits per heavy atom. The van der Waals surface area contributed by atoms with E-state index in [0.29, 0.717) is 29.8 Å². The number of aromatic amines is 1. The minimum absolute atomic E-state index is 0.105. The minimum atomic E-state index is -0.105. The first-order valence-corrected chi connectivity index (χ1v) is 7.41. The summed E-state index contributed by atoms with van der Waals surface area (Å²) in [4.78, 5) is 21.5. The molecule has 112 valence electrons. The highest BCUT2D eigenvalue weighted by molar-refractivity contribution is 6.31. The van der Waals surface area contributed by atoms with Crippen molar-refractivity contribution >= 4 is 22.5 Å². The number of fused-ring (bicyclic) bond motifs is 1. The largest absolute Gasteiger partial charge is 0.309 e. The third kappa shape index (κ3) is 3.18. The summed E-state index contributed by atoms with van der Waals surface area (Å²) in [5, 5.41) is 1.36. The number of hydrogen-bond acceptors (Lipinski definition) is 3. The number of benzene rings is 2. The van der Waals surface area contributed by atoms with Crippen molar-refractivity contribution in [1.29, 1.82) is 0 Å². The Labute approximate surface area is 133 Å². The maximum Gasteiger partial charge on any atom is 0.258 e. The predicted octanol–water partition coefficient (Wildman–Crippen LogP) is 3.21. The second kappa shape index (κ2) is 6.30. The van der Waals surface area contributed by atoms with E-state index in [1.807, 2.05) is 49.5 Å². The molecule has 0 saturated carbocycles. The fourth-order valence-corrected chi connectivity index (χ4v) is 2.63. The van der Waals surface area contributed by atoms with Gasteiger partial charge in [-0.1, -0.05) is 41.9 Å². The standard InChI is InChI=1S/C17H16ClN3O/c1-21(10-12-6-2-4-8-14(12)18)11-16-19-15-9-5-3-7-13(15)17(22)20-16/h2-9H,10-11H2,1H3,(H,19,20,22). The number of H-pyrrole nitrogens is 1. The number of rotatable bonds is 4. The average molecular weight is 314 g/mol. The summed E-state index contributed by atoms with van der Waals surface area (Å²) >= 11 is 6.17. The van der Waals surface area contributed by atoms with E-state index in [9.17, 15) is 4.79 Å². The van der Waals surface area contributed by atoms with Crippen molar-refractivity contribution in [3.8, 4) is 0 Å². The fourth-order valence-electron chi connectivity index (χ4n) is 2.44. The Bertz CT molecular complexity index is 860. The number of nitrogens with one attached hydrogen (secondary N) is 1. The molecule has 3 aromatic rings. The van der Waals surface area contributed by atoms with Crippen molar-refractivity contribution in [2.75, 3.05) is 7.05 Å². The molecule has 0 amide bonds. The zero-order valence-corrected chi connectivity index (χ0v) is 13.0. The molecule has 5 heteroatoms. The molecule has 3 rings (SSSR count).